The van der Waals surface area contributed by atoms with E-state index < -0.39 is 0 Å². The summed E-state index contributed by atoms with van der Waals surface area (Å²) in [5.41, 5.74) is 0. The van der Waals surface area contributed by atoms with Crippen molar-refractivity contribution in [3.8, 4) is 0 Å². The van der Waals surface area contributed by atoms with Gasteiger partial charge in [0.15, 0.2) is 0 Å². The first kappa shape index (κ1) is 7.21. The number of thioether (sulfide) groups is 1. The highest BCUT2D eigenvalue weighted by molar-refractivity contribution is 8.04. The molecule has 0 saturated carbocycles. The second kappa shape index (κ2) is 3.31. The fourth-order valence-corrected chi connectivity index (χ4v) is 1.07. The Balaban J connectivity index is 2.44. The molecule has 0 aromatic heterocycles. The number of hydrogen-bond donors (Lipinski definition) is 0. The van der Waals surface area contributed by atoms with Gasteiger partial charge in [0.05, 0.1) is 11.1 Å². The molecule has 1 rings (SSSR count). The van der Waals surface area contributed by atoms with Crippen LogP contribution in [0.5, 0.6) is 0 Å². The Morgan fingerprint density at radius 2 is 2.60 bits per heavy atom. The molecule has 1 aliphatic rings. The van der Waals surface area contributed by atoms with Crippen LogP contribution in [-0.4, -0.2) is 11.7 Å². The van der Waals surface area contributed by atoms with Crippen molar-refractivity contribution in [1.29, 1.82) is 0 Å². The lowest BCUT2D eigenvalue weighted by molar-refractivity contribution is -0.113. The van der Waals surface area contributed by atoms with E-state index in [-0.39, 0.29) is 5.91 Å². The minimum Gasteiger partial charge on any atom is -0.264 e. The fourth-order valence-electron chi connectivity index (χ4n) is 0.486. The largest absolute Gasteiger partial charge is 0.303 e. The molecule has 0 saturated heterocycles. The van der Waals surface area contributed by atoms with Crippen LogP contribution in [0.15, 0.2) is 34.0 Å². The molecule has 10 heavy (non-hydrogen) atoms. The van der Waals surface area contributed by atoms with E-state index in [0.29, 0.717) is 4.91 Å². The van der Waals surface area contributed by atoms with E-state index in [4.69, 9.17) is 0 Å². The first-order chi connectivity index (χ1) is 4.84. The Bertz CT molecular complexity index is 220. The summed E-state index contributed by atoms with van der Waals surface area (Å²) in [7, 11) is 0. The molecule has 52 valence electrons. The average molecular weight is 154 g/mol. The molecular formula is C6H6N2OS. The number of azo groups is 1. The molecular weight excluding hydrogens is 148 g/mol. The smallest absolute Gasteiger partial charge is 0.264 e. The van der Waals surface area contributed by atoms with E-state index in [2.05, 4.69) is 16.8 Å². The van der Waals surface area contributed by atoms with Crippen LogP contribution in [0.3, 0.4) is 0 Å². The summed E-state index contributed by atoms with van der Waals surface area (Å²) in [6.07, 6.45) is 3.20. The molecule has 1 heterocycles. The highest BCUT2D eigenvalue weighted by Crippen LogP contribution is 2.20. The van der Waals surface area contributed by atoms with Gasteiger partial charge in [-0.3, -0.25) is 4.79 Å². The van der Waals surface area contributed by atoms with Gasteiger partial charge in [-0.25, -0.2) is 0 Å². The van der Waals surface area contributed by atoms with Crippen LogP contribution >= 0.6 is 11.8 Å². The van der Waals surface area contributed by atoms with Crippen LogP contribution in [0.4, 0.5) is 0 Å². The Morgan fingerprint density at radius 1 is 1.80 bits per heavy atom. The quantitative estimate of drug-likeness (QED) is 0.581. The predicted molar refractivity (Wildman–Crippen MR) is 40.6 cm³/mol. The molecule has 0 radical (unpaired) electrons. The van der Waals surface area contributed by atoms with Crippen LogP contribution in [0.2, 0.25) is 0 Å². The number of carbonyl (C=O) groups excluding carboxylic acids is 1. The minimum atomic E-state index is -0.244. The van der Waals surface area contributed by atoms with Crippen LogP contribution in [0.1, 0.15) is 0 Å². The Hall–Kier alpha value is -0.900. The van der Waals surface area contributed by atoms with Gasteiger partial charge in [0, 0.05) is 5.75 Å². The Kier molecular flexibility index (Phi) is 2.39. The number of nitrogens with zero attached hydrogens (tertiary/aromatic N) is 2. The molecule has 0 aromatic rings. The van der Waals surface area contributed by atoms with Crippen molar-refractivity contribution in [2.75, 3.05) is 5.75 Å². The summed E-state index contributed by atoms with van der Waals surface area (Å²) in [5, 5.41) is 6.77. The van der Waals surface area contributed by atoms with Gasteiger partial charge in [-0.2, -0.15) is 5.11 Å². The summed E-state index contributed by atoms with van der Waals surface area (Å²) < 4.78 is 0. The highest BCUT2D eigenvalue weighted by Gasteiger charge is 2.11. The maximum atomic E-state index is 10.7. The van der Waals surface area contributed by atoms with Crippen LogP contribution in [-0.2, 0) is 4.79 Å². The van der Waals surface area contributed by atoms with Gasteiger partial charge >= 0.3 is 5.91 Å². The zero-order chi connectivity index (χ0) is 7.40. The summed E-state index contributed by atoms with van der Waals surface area (Å²) in [5.74, 6) is 0.481. The summed E-state index contributed by atoms with van der Waals surface area (Å²) in [6.45, 7) is 3.53. The third kappa shape index (κ3) is 1.54. The van der Waals surface area contributed by atoms with Crippen molar-refractivity contribution in [2.24, 2.45) is 10.2 Å². The topological polar surface area (TPSA) is 41.8 Å². The van der Waals surface area contributed by atoms with Crippen molar-refractivity contribution in [1.82, 2.24) is 0 Å². The van der Waals surface area contributed by atoms with Gasteiger partial charge in [0.1, 0.15) is 0 Å². The molecule has 0 unspecified atom stereocenters. The van der Waals surface area contributed by atoms with E-state index in [0.717, 1.165) is 5.75 Å². The highest BCUT2D eigenvalue weighted by atomic mass is 32.2. The average Bonchev–Trinajstić information content (AvgIpc) is 2.31. The SMILES string of the molecule is C=CCSC1=CN=NC1=O. The molecule has 4 heteroatoms. The maximum absolute atomic E-state index is 10.7. The normalized spacial score (nSPS) is 15.6. The summed E-state index contributed by atoms with van der Waals surface area (Å²) >= 11 is 1.40. The van der Waals surface area contributed by atoms with Crippen LogP contribution in [0, 0.1) is 0 Å². The van der Waals surface area contributed by atoms with Crippen LogP contribution in [0.25, 0.3) is 0 Å². The van der Waals surface area contributed by atoms with Gasteiger partial charge in [-0.15, -0.1) is 23.5 Å². The number of carbonyl (C=O) groups is 1. The lowest BCUT2D eigenvalue weighted by atomic mass is 10.6. The first-order valence-corrected chi connectivity index (χ1v) is 3.72. The van der Waals surface area contributed by atoms with Gasteiger partial charge in [-0.1, -0.05) is 6.08 Å². The van der Waals surface area contributed by atoms with Gasteiger partial charge < -0.3 is 0 Å². The molecule has 3 nitrogen and oxygen atoms in total. The van der Waals surface area contributed by atoms with E-state index >= 15 is 0 Å². The summed E-state index contributed by atoms with van der Waals surface area (Å²) in [4.78, 5) is 11.3. The Morgan fingerprint density at radius 3 is 3.10 bits per heavy atom. The third-order valence-electron chi connectivity index (χ3n) is 0.891. The second-order valence-electron chi connectivity index (χ2n) is 1.61. The molecule has 0 fully saturated rings. The minimum absolute atomic E-state index is 0.244. The van der Waals surface area contributed by atoms with E-state index in [1.807, 2.05) is 0 Å². The Labute approximate surface area is 62.9 Å². The van der Waals surface area contributed by atoms with Gasteiger partial charge in [0.25, 0.3) is 0 Å². The van der Waals surface area contributed by atoms with E-state index in [1.54, 1.807) is 6.08 Å². The maximum Gasteiger partial charge on any atom is 0.303 e. The predicted octanol–water partition coefficient (Wildman–Crippen LogP) is 1.74. The number of hydrogen-bond acceptors (Lipinski definition) is 3. The number of rotatable bonds is 3. The molecule has 0 N–H and O–H groups in total. The molecule has 0 aliphatic carbocycles. The lowest BCUT2D eigenvalue weighted by Crippen LogP contribution is -1.89. The second-order valence-corrected chi connectivity index (χ2v) is 2.68. The first-order valence-electron chi connectivity index (χ1n) is 2.73. The molecule has 0 bridgehead atoms. The van der Waals surface area contributed by atoms with Crippen molar-refractivity contribution < 1.29 is 4.79 Å². The van der Waals surface area contributed by atoms with Crippen molar-refractivity contribution in [2.45, 2.75) is 0 Å². The third-order valence-corrected chi connectivity index (χ3v) is 1.88. The van der Waals surface area contributed by atoms with Crippen molar-refractivity contribution in [3.05, 3.63) is 23.8 Å². The van der Waals surface area contributed by atoms with E-state index in [9.17, 15) is 4.79 Å². The van der Waals surface area contributed by atoms with Crippen molar-refractivity contribution >= 4 is 17.7 Å². The fraction of sp³-hybridized carbons (Fsp3) is 0.167. The molecule has 1 amide bonds. The van der Waals surface area contributed by atoms with E-state index in [1.165, 1.54) is 18.0 Å². The van der Waals surface area contributed by atoms with Crippen molar-refractivity contribution in [3.63, 3.8) is 0 Å². The van der Waals surface area contributed by atoms with Gasteiger partial charge in [-0.05, 0) is 0 Å². The molecule has 0 aromatic carbocycles. The molecule has 1 aliphatic heterocycles. The standard InChI is InChI=1S/C6H6N2OS/c1-2-3-10-5-4-7-8-6(5)9/h2,4H,1,3H2. The number of amides is 1. The summed E-state index contributed by atoms with van der Waals surface area (Å²) in [6, 6.07) is 0. The monoisotopic (exact) mass is 154 g/mol. The molecule has 0 spiro atoms. The zero-order valence-electron chi connectivity index (χ0n) is 5.28. The lowest BCUT2D eigenvalue weighted by Gasteiger charge is -1.90. The van der Waals surface area contributed by atoms with Gasteiger partial charge in [0.2, 0.25) is 0 Å². The zero-order valence-corrected chi connectivity index (χ0v) is 6.10. The van der Waals surface area contributed by atoms with Crippen LogP contribution < -0.4 is 0 Å². The molecule has 0 atom stereocenters.